The zero-order valence-electron chi connectivity index (χ0n) is 23.9. The van der Waals surface area contributed by atoms with E-state index >= 15 is 0 Å². The van der Waals surface area contributed by atoms with E-state index in [-0.39, 0.29) is 23.0 Å². The topological polar surface area (TPSA) is 86.8 Å². The molecule has 1 atom stereocenters. The number of amides is 2. The number of sulfonamides is 1. The van der Waals surface area contributed by atoms with Gasteiger partial charge in [0.15, 0.2) is 0 Å². The molecule has 3 aromatic rings. The van der Waals surface area contributed by atoms with Gasteiger partial charge in [-0.2, -0.15) is 0 Å². The van der Waals surface area contributed by atoms with Crippen LogP contribution in [0.3, 0.4) is 0 Å². The van der Waals surface area contributed by atoms with Crippen molar-refractivity contribution >= 4 is 39.1 Å². The van der Waals surface area contributed by atoms with Gasteiger partial charge in [0, 0.05) is 17.1 Å². The Kier molecular flexibility index (Phi) is 10.0. The molecule has 0 unspecified atom stereocenters. The molecule has 1 N–H and O–H groups in total. The minimum Gasteiger partial charge on any atom is -0.350 e. The van der Waals surface area contributed by atoms with Crippen LogP contribution < -0.4 is 9.62 Å². The number of nitrogens with zero attached hydrogens (tertiary/aromatic N) is 2. The van der Waals surface area contributed by atoms with Gasteiger partial charge in [-0.1, -0.05) is 72.1 Å². The van der Waals surface area contributed by atoms with Gasteiger partial charge in [0.1, 0.15) is 12.6 Å². The third-order valence-corrected chi connectivity index (χ3v) is 8.33. The lowest BCUT2D eigenvalue weighted by Gasteiger charge is -2.35. The monoisotopic (exact) mass is 583 g/mol. The van der Waals surface area contributed by atoms with Crippen molar-refractivity contribution in [3.05, 3.63) is 94.5 Å². The third kappa shape index (κ3) is 8.08. The van der Waals surface area contributed by atoms with Crippen LogP contribution in [0.2, 0.25) is 5.02 Å². The number of anilines is 1. The number of halogens is 1. The number of carbonyl (C=O) groups is 2. The highest BCUT2D eigenvalue weighted by Crippen LogP contribution is 2.27. The van der Waals surface area contributed by atoms with Crippen LogP contribution in [0.25, 0.3) is 0 Å². The van der Waals surface area contributed by atoms with Crippen LogP contribution in [0.5, 0.6) is 0 Å². The van der Waals surface area contributed by atoms with E-state index in [4.69, 9.17) is 11.6 Å². The molecule has 0 bridgehead atoms. The Bertz CT molecular complexity index is 1450. The Morgan fingerprint density at radius 1 is 0.925 bits per heavy atom. The molecule has 3 rings (SSSR count). The SMILES string of the molecule is CC[C@@H](C(=O)NC(C)(C)C)N(Cc1cccc(C)c1)C(=O)CN(c1cccc(Cl)c1)S(=O)(=O)c1ccc(C)cc1. The van der Waals surface area contributed by atoms with Gasteiger partial charge < -0.3 is 10.2 Å². The van der Waals surface area contributed by atoms with Gasteiger partial charge in [0.2, 0.25) is 11.8 Å². The van der Waals surface area contributed by atoms with E-state index in [2.05, 4.69) is 5.32 Å². The standard InChI is InChI=1S/C31H38ClN3O4S/c1-7-28(30(37)33-31(4,5)6)34(20-24-11-8-10-23(3)18-24)29(36)21-35(26-13-9-12-25(32)19-26)40(38,39)27-16-14-22(2)15-17-27/h8-19,28H,7,20-21H2,1-6H3,(H,33,37)/t28-/m0/s1. The molecule has 0 saturated heterocycles. The van der Waals surface area contributed by atoms with Crippen molar-refractivity contribution in [3.8, 4) is 0 Å². The summed E-state index contributed by atoms with van der Waals surface area (Å²) in [6.45, 7) is 10.9. The molecule has 0 aromatic heterocycles. The summed E-state index contributed by atoms with van der Waals surface area (Å²) >= 11 is 6.23. The molecular weight excluding hydrogens is 546 g/mol. The van der Waals surface area contributed by atoms with E-state index in [1.165, 1.54) is 23.1 Å². The number of rotatable bonds is 10. The summed E-state index contributed by atoms with van der Waals surface area (Å²) in [5.74, 6) is -0.806. The molecule has 0 fully saturated rings. The van der Waals surface area contributed by atoms with E-state index in [9.17, 15) is 18.0 Å². The Balaban J connectivity index is 2.08. The lowest BCUT2D eigenvalue weighted by Crippen LogP contribution is -2.55. The Morgan fingerprint density at radius 3 is 2.15 bits per heavy atom. The van der Waals surface area contributed by atoms with Gasteiger partial charge in [0.25, 0.3) is 10.0 Å². The zero-order chi connectivity index (χ0) is 29.7. The summed E-state index contributed by atoms with van der Waals surface area (Å²) in [7, 11) is -4.15. The fourth-order valence-corrected chi connectivity index (χ4v) is 5.97. The maximum atomic E-state index is 14.1. The fraction of sp³-hybridized carbons (Fsp3) is 0.355. The van der Waals surface area contributed by atoms with Crippen molar-refractivity contribution in [3.63, 3.8) is 0 Å². The van der Waals surface area contributed by atoms with Gasteiger partial charge in [-0.3, -0.25) is 13.9 Å². The van der Waals surface area contributed by atoms with E-state index in [0.29, 0.717) is 11.4 Å². The molecule has 9 heteroatoms. The molecule has 214 valence electrons. The number of aryl methyl sites for hydroxylation is 2. The van der Waals surface area contributed by atoms with Crippen LogP contribution in [-0.2, 0) is 26.2 Å². The van der Waals surface area contributed by atoms with Crippen LogP contribution in [-0.4, -0.2) is 43.3 Å². The molecular formula is C31H38ClN3O4S. The highest BCUT2D eigenvalue weighted by atomic mass is 35.5. The van der Waals surface area contributed by atoms with Crippen LogP contribution in [0.4, 0.5) is 5.69 Å². The summed E-state index contributed by atoms with van der Waals surface area (Å²) in [4.78, 5) is 29.0. The van der Waals surface area contributed by atoms with Crippen LogP contribution >= 0.6 is 11.6 Å². The summed E-state index contributed by atoms with van der Waals surface area (Å²) in [5, 5.41) is 3.31. The quantitative estimate of drug-likeness (QED) is 0.323. The fourth-order valence-electron chi connectivity index (χ4n) is 4.38. The van der Waals surface area contributed by atoms with Crippen LogP contribution in [0.15, 0.2) is 77.7 Å². The van der Waals surface area contributed by atoms with Crippen molar-refractivity contribution in [1.29, 1.82) is 0 Å². The highest BCUT2D eigenvalue weighted by molar-refractivity contribution is 7.92. The van der Waals surface area contributed by atoms with Crippen molar-refractivity contribution in [2.75, 3.05) is 10.8 Å². The largest absolute Gasteiger partial charge is 0.350 e. The Hall–Kier alpha value is -3.36. The van der Waals surface area contributed by atoms with Crippen LogP contribution in [0.1, 0.15) is 50.8 Å². The molecule has 0 aliphatic carbocycles. The van der Waals surface area contributed by atoms with E-state index in [1.807, 2.05) is 65.8 Å². The number of hydrogen-bond acceptors (Lipinski definition) is 4. The highest BCUT2D eigenvalue weighted by Gasteiger charge is 2.34. The Labute approximate surface area is 243 Å². The van der Waals surface area contributed by atoms with Gasteiger partial charge >= 0.3 is 0 Å². The smallest absolute Gasteiger partial charge is 0.264 e. The second-order valence-corrected chi connectivity index (χ2v) is 13.3. The molecule has 7 nitrogen and oxygen atoms in total. The predicted molar refractivity (Wildman–Crippen MR) is 161 cm³/mol. The molecule has 0 aliphatic rings. The molecule has 40 heavy (non-hydrogen) atoms. The van der Waals surface area contributed by atoms with Crippen molar-refractivity contribution in [2.45, 2.75) is 71.0 Å². The molecule has 0 heterocycles. The van der Waals surface area contributed by atoms with Gasteiger partial charge in [0.05, 0.1) is 10.6 Å². The van der Waals surface area contributed by atoms with Crippen molar-refractivity contribution < 1.29 is 18.0 Å². The number of hydrogen-bond donors (Lipinski definition) is 1. The summed E-state index contributed by atoms with van der Waals surface area (Å²) in [6.07, 6.45) is 0.349. The van der Waals surface area contributed by atoms with Crippen molar-refractivity contribution in [1.82, 2.24) is 10.2 Å². The maximum absolute atomic E-state index is 14.1. The average Bonchev–Trinajstić information content (AvgIpc) is 2.86. The molecule has 2 amide bonds. The zero-order valence-corrected chi connectivity index (χ0v) is 25.5. The third-order valence-electron chi connectivity index (χ3n) is 6.30. The molecule has 0 spiro atoms. The van der Waals surface area contributed by atoms with Gasteiger partial charge in [-0.25, -0.2) is 8.42 Å². The average molecular weight is 584 g/mol. The lowest BCUT2D eigenvalue weighted by atomic mass is 10.0. The van der Waals surface area contributed by atoms with Crippen LogP contribution in [0, 0.1) is 13.8 Å². The number of carbonyl (C=O) groups excluding carboxylic acids is 2. The Morgan fingerprint density at radius 2 is 1.57 bits per heavy atom. The predicted octanol–water partition coefficient (Wildman–Crippen LogP) is 5.87. The summed E-state index contributed by atoms with van der Waals surface area (Å²) in [5.41, 5.74) is 2.50. The first-order chi connectivity index (χ1) is 18.7. The maximum Gasteiger partial charge on any atom is 0.264 e. The van der Waals surface area contributed by atoms with Gasteiger partial charge in [-0.05, 0) is 76.9 Å². The first kappa shape index (κ1) is 31.2. The minimum absolute atomic E-state index is 0.0497. The minimum atomic E-state index is -4.15. The molecule has 3 aromatic carbocycles. The molecule has 0 radical (unpaired) electrons. The molecule has 0 aliphatic heterocycles. The number of nitrogens with one attached hydrogen (secondary N) is 1. The van der Waals surface area contributed by atoms with E-state index in [0.717, 1.165) is 21.0 Å². The van der Waals surface area contributed by atoms with Gasteiger partial charge in [-0.15, -0.1) is 0 Å². The lowest BCUT2D eigenvalue weighted by molar-refractivity contribution is -0.141. The normalized spacial score (nSPS) is 12.5. The van der Waals surface area contributed by atoms with E-state index in [1.54, 1.807) is 30.3 Å². The molecule has 0 saturated carbocycles. The second kappa shape index (κ2) is 12.9. The summed E-state index contributed by atoms with van der Waals surface area (Å²) < 4.78 is 28.9. The first-order valence-corrected chi connectivity index (χ1v) is 15.0. The second-order valence-electron chi connectivity index (χ2n) is 11.0. The number of benzene rings is 3. The van der Waals surface area contributed by atoms with E-state index < -0.39 is 34.1 Å². The first-order valence-electron chi connectivity index (χ1n) is 13.2. The van der Waals surface area contributed by atoms with Crippen molar-refractivity contribution in [2.24, 2.45) is 0 Å². The summed E-state index contributed by atoms with van der Waals surface area (Å²) in [6, 6.07) is 19.7.